The maximum absolute atomic E-state index is 12.3. The molecule has 1 fully saturated rings. The van der Waals surface area contributed by atoms with E-state index < -0.39 is 0 Å². The molecule has 0 saturated carbocycles. The number of carbonyl (C=O) groups excluding carboxylic acids is 2. The molecular weight excluding hydrogens is 320 g/mol. The Morgan fingerprint density at radius 1 is 1.36 bits per heavy atom. The quantitative estimate of drug-likeness (QED) is 0.812. The first-order valence-electron chi connectivity index (χ1n) is 8.50. The first-order chi connectivity index (χ1) is 12.1. The molecule has 1 aliphatic heterocycles. The smallest absolute Gasteiger partial charge is 0.252 e. The Hall–Kier alpha value is -2.70. The highest BCUT2D eigenvalue weighted by atomic mass is 16.5. The van der Waals surface area contributed by atoms with Gasteiger partial charge in [-0.05, 0) is 32.8 Å². The average Bonchev–Trinajstić information content (AvgIpc) is 3.17. The number of nitrogens with zero attached hydrogens (tertiary/aromatic N) is 3. The third-order valence-electron chi connectivity index (χ3n) is 4.38. The Balaban J connectivity index is 1.57. The van der Waals surface area contributed by atoms with Crippen LogP contribution in [0, 0.1) is 13.8 Å². The summed E-state index contributed by atoms with van der Waals surface area (Å²) in [6.45, 7) is 5.74. The van der Waals surface area contributed by atoms with Crippen LogP contribution >= 0.6 is 0 Å². The number of hydrogen-bond donors (Lipinski definition) is 1. The van der Waals surface area contributed by atoms with E-state index in [0.717, 1.165) is 36.2 Å². The lowest BCUT2D eigenvalue weighted by Gasteiger charge is -2.15. The zero-order chi connectivity index (χ0) is 17.8. The molecule has 7 nitrogen and oxygen atoms in total. The molecule has 0 radical (unpaired) electrons. The van der Waals surface area contributed by atoms with Crippen LogP contribution in [0.2, 0.25) is 0 Å². The number of likely N-dealkylation sites (tertiary alicyclic amines) is 1. The molecule has 132 valence electrons. The minimum Gasteiger partial charge on any atom is -0.361 e. The van der Waals surface area contributed by atoms with E-state index >= 15 is 0 Å². The number of nitrogens with one attached hydrogen (secondary N) is 1. The van der Waals surface area contributed by atoms with Gasteiger partial charge in [0.2, 0.25) is 5.91 Å². The van der Waals surface area contributed by atoms with Crippen molar-refractivity contribution in [2.45, 2.75) is 33.1 Å². The molecule has 1 aliphatic rings. The summed E-state index contributed by atoms with van der Waals surface area (Å²) < 4.78 is 5.18. The molecular formula is C18H22N4O3. The van der Waals surface area contributed by atoms with Crippen molar-refractivity contribution in [2.75, 3.05) is 19.6 Å². The van der Waals surface area contributed by atoms with Crippen LogP contribution in [0.5, 0.6) is 0 Å². The lowest BCUT2D eigenvalue weighted by Crippen LogP contribution is -2.30. The normalized spacial score (nSPS) is 14.2. The number of pyridine rings is 1. The van der Waals surface area contributed by atoms with Crippen molar-refractivity contribution in [1.82, 2.24) is 20.4 Å². The second-order valence-electron chi connectivity index (χ2n) is 6.26. The summed E-state index contributed by atoms with van der Waals surface area (Å²) in [5.41, 5.74) is 2.95. The first-order valence-corrected chi connectivity index (χ1v) is 8.50. The van der Waals surface area contributed by atoms with E-state index in [1.807, 2.05) is 18.7 Å². The van der Waals surface area contributed by atoms with E-state index in [4.69, 9.17) is 4.52 Å². The van der Waals surface area contributed by atoms with E-state index in [1.54, 1.807) is 18.5 Å². The summed E-state index contributed by atoms with van der Waals surface area (Å²) in [4.78, 5) is 29.9. The van der Waals surface area contributed by atoms with E-state index in [2.05, 4.69) is 15.5 Å². The highest BCUT2D eigenvalue weighted by Crippen LogP contribution is 2.26. The van der Waals surface area contributed by atoms with Gasteiger partial charge in [-0.3, -0.25) is 14.6 Å². The highest BCUT2D eigenvalue weighted by molar-refractivity contribution is 5.95. The third kappa shape index (κ3) is 3.87. The summed E-state index contributed by atoms with van der Waals surface area (Å²) in [5.74, 6) is 0.740. The van der Waals surface area contributed by atoms with Crippen molar-refractivity contribution in [2.24, 2.45) is 0 Å². The zero-order valence-corrected chi connectivity index (χ0v) is 14.5. The number of amides is 2. The van der Waals surface area contributed by atoms with Crippen LogP contribution in [-0.2, 0) is 4.79 Å². The standard InChI is InChI=1S/C18H22N4O3/c1-12-17(13(2)25-21-12)14-9-15(11-19-10-14)18(24)20-6-4-8-22-7-3-5-16(22)23/h9-11H,3-8H2,1-2H3,(H,20,24). The van der Waals surface area contributed by atoms with Crippen molar-refractivity contribution in [3.05, 3.63) is 35.5 Å². The van der Waals surface area contributed by atoms with Crippen LogP contribution in [0.4, 0.5) is 0 Å². The molecule has 0 atom stereocenters. The maximum atomic E-state index is 12.3. The SMILES string of the molecule is Cc1noc(C)c1-c1cncc(C(=O)NCCCN2CCCC2=O)c1. The van der Waals surface area contributed by atoms with Gasteiger partial charge in [-0.15, -0.1) is 0 Å². The number of hydrogen-bond acceptors (Lipinski definition) is 5. The van der Waals surface area contributed by atoms with Gasteiger partial charge in [0.15, 0.2) is 0 Å². The van der Waals surface area contributed by atoms with Crippen molar-refractivity contribution in [3.63, 3.8) is 0 Å². The Labute approximate surface area is 146 Å². The molecule has 3 rings (SSSR count). The Kier molecular flexibility index (Phi) is 5.11. The monoisotopic (exact) mass is 342 g/mol. The molecule has 0 aliphatic carbocycles. The maximum Gasteiger partial charge on any atom is 0.252 e. The van der Waals surface area contributed by atoms with Gasteiger partial charge in [0.25, 0.3) is 5.91 Å². The summed E-state index contributed by atoms with van der Waals surface area (Å²) in [6.07, 6.45) is 5.57. The molecule has 25 heavy (non-hydrogen) atoms. The van der Waals surface area contributed by atoms with Gasteiger partial charge in [0, 0.05) is 49.6 Å². The molecule has 1 saturated heterocycles. The minimum atomic E-state index is -0.172. The summed E-state index contributed by atoms with van der Waals surface area (Å²) >= 11 is 0. The molecule has 0 spiro atoms. The molecule has 2 aromatic rings. The highest BCUT2D eigenvalue weighted by Gasteiger charge is 2.19. The van der Waals surface area contributed by atoms with Gasteiger partial charge in [-0.2, -0.15) is 0 Å². The second kappa shape index (κ2) is 7.46. The fraction of sp³-hybridized carbons (Fsp3) is 0.444. The topological polar surface area (TPSA) is 88.3 Å². The van der Waals surface area contributed by atoms with Crippen molar-refractivity contribution in [1.29, 1.82) is 0 Å². The molecule has 0 aromatic carbocycles. The van der Waals surface area contributed by atoms with E-state index in [1.165, 1.54) is 0 Å². The van der Waals surface area contributed by atoms with Crippen LogP contribution in [0.25, 0.3) is 11.1 Å². The van der Waals surface area contributed by atoms with Crippen LogP contribution in [-0.4, -0.2) is 46.5 Å². The number of carbonyl (C=O) groups is 2. The fourth-order valence-corrected chi connectivity index (χ4v) is 3.11. The average molecular weight is 342 g/mol. The van der Waals surface area contributed by atoms with Crippen molar-refractivity contribution < 1.29 is 14.1 Å². The third-order valence-corrected chi connectivity index (χ3v) is 4.38. The number of aromatic nitrogens is 2. The van der Waals surface area contributed by atoms with Gasteiger partial charge in [-0.25, -0.2) is 0 Å². The predicted molar refractivity (Wildman–Crippen MR) is 92.0 cm³/mol. The van der Waals surface area contributed by atoms with Crippen LogP contribution in [0.15, 0.2) is 23.0 Å². The van der Waals surface area contributed by atoms with Gasteiger partial charge >= 0.3 is 0 Å². The van der Waals surface area contributed by atoms with Gasteiger partial charge in [0.1, 0.15) is 5.76 Å². The van der Waals surface area contributed by atoms with Gasteiger partial charge in [0.05, 0.1) is 11.3 Å². The fourth-order valence-electron chi connectivity index (χ4n) is 3.11. The van der Waals surface area contributed by atoms with Gasteiger partial charge < -0.3 is 14.7 Å². The predicted octanol–water partition coefficient (Wildman–Crippen LogP) is 2.10. The summed E-state index contributed by atoms with van der Waals surface area (Å²) in [5, 5.41) is 6.82. The first kappa shape index (κ1) is 17.1. The number of rotatable bonds is 6. The largest absolute Gasteiger partial charge is 0.361 e. The van der Waals surface area contributed by atoms with E-state index in [-0.39, 0.29) is 11.8 Å². The molecule has 7 heteroatoms. The lowest BCUT2D eigenvalue weighted by atomic mass is 10.0. The lowest BCUT2D eigenvalue weighted by molar-refractivity contribution is -0.127. The van der Waals surface area contributed by atoms with Crippen LogP contribution in [0.1, 0.15) is 41.1 Å². The van der Waals surface area contributed by atoms with E-state index in [0.29, 0.717) is 30.8 Å². The molecule has 3 heterocycles. The summed E-state index contributed by atoms with van der Waals surface area (Å²) in [6, 6.07) is 1.79. The Bertz CT molecular complexity index is 765. The molecule has 0 unspecified atom stereocenters. The molecule has 2 amide bonds. The Morgan fingerprint density at radius 3 is 2.88 bits per heavy atom. The zero-order valence-electron chi connectivity index (χ0n) is 14.5. The van der Waals surface area contributed by atoms with Gasteiger partial charge in [-0.1, -0.05) is 5.16 Å². The Morgan fingerprint density at radius 2 is 2.20 bits per heavy atom. The summed E-state index contributed by atoms with van der Waals surface area (Å²) in [7, 11) is 0. The van der Waals surface area contributed by atoms with Crippen molar-refractivity contribution >= 4 is 11.8 Å². The number of aryl methyl sites for hydroxylation is 2. The second-order valence-corrected chi connectivity index (χ2v) is 6.26. The van der Waals surface area contributed by atoms with Crippen LogP contribution < -0.4 is 5.32 Å². The molecule has 2 aromatic heterocycles. The van der Waals surface area contributed by atoms with Crippen molar-refractivity contribution in [3.8, 4) is 11.1 Å². The van der Waals surface area contributed by atoms with E-state index in [9.17, 15) is 9.59 Å². The molecule has 1 N–H and O–H groups in total. The van der Waals surface area contributed by atoms with Crippen LogP contribution in [0.3, 0.4) is 0 Å². The molecule has 0 bridgehead atoms. The minimum absolute atomic E-state index is 0.172.